The molecule has 1 saturated carbocycles. The molecule has 0 bridgehead atoms. The lowest BCUT2D eigenvalue weighted by Gasteiger charge is -2.17. The summed E-state index contributed by atoms with van der Waals surface area (Å²) in [6.45, 7) is 0.668. The topological polar surface area (TPSA) is 62.5 Å². The number of nitrogens with one attached hydrogen (secondary N) is 1. The number of amides is 1. The van der Waals surface area contributed by atoms with Crippen LogP contribution in [-0.2, 0) is 0 Å². The van der Waals surface area contributed by atoms with E-state index in [-0.39, 0.29) is 17.1 Å². The van der Waals surface area contributed by atoms with Gasteiger partial charge < -0.3 is 14.8 Å². The number of hydrogen-bond donors (Lipinski definition) is 2. The summed E-state index contributed by atoms with van der Waals surface area (Å²) in [7, 11) is 0. The van der Waals surface area contributed by atoms with Gasteiger partial charge in [-0.1, -0.05) is 18.2 Å². The molecule has 0 aliphatic heterocycles. The summed E-state index contributed by atoms with van der Waals surface area (Å²) in [6.07, 6.45) is -3.78. The lowest BCUT2D eigenvalue weighted by Crippen LogP contribution is -2.40. The quantitative estimate of drug-likeness (QED) is 0.505. The van der Waals surface area contributed by atoms with Gasteiger partial charge in [-0.3, -0.25) is 4.79 Å². The van der Waals surface area contributed by atoms with Gasteiger partial charge in [-0.25, -0.2) is 4.39 Å². The molecule has 2 aromatic carbocycles. The SMILES string of the molecule is Cc1oc2ccc(-c3ccc(C4CC4)cc3F)cc2c1C(=O)NC(CO)CC(F)(F)F. The van der Waals surface area contributed by atoms with E-state index in [1.807, 2.05) is 6.07 Å². The van der Waals surface area contributed by atoms with Crippen molar-refractivity contribution in [3.63, 3.8) is 0 Å². The molecule has 3 aromatic rings. The van der Waals surface area contributed by atoms with Crippen LogP contribution in [0.15, 0.2) is 40.8 Å². The van der Waals surface area contributed by atoms with Gasteiger partial charge in [0.15, 0.2) is 0 Å². The molecule has 4 rings (SSSR count). The highest BCUT2D eigenvalue weighted by molar-refractivity contribution is 6.08. The fourth-order valence-corrected chi connectivity index (χ4v) is 3.80. The smallest absolute Gasteiger partial charge is 0.391 e. The Bertz CT molecular complexity index is 1130. The zero-order valence-corrected chi connectivity index (χ0v) is 16.7. The first-order valence-corrected chi connectivity index (χ1v) is 9.97. The Morgan fingerprint density at radius 1 is 1.23 bits per heavy atom. The average molecular weight is 435 g/mol. The first kappa shape index (κ1) is 21.4. The third-order valence-electron chi connectivity index (χ3n) is 5.48. The van der Waals surface area contributed by atoms with Crippen molar-refractivity contribution >= 4 is 16.9 Å². The molecule has 1 fully saturated rings. The van der Waals surface area contributed by atoms with Gasteiger partial charge in [0.25, 0.3) is 5.91 Å². The predicted molar refractivity (Wildman–Crippen MR) is 107 cm³/mol. The van der Waals surface area contributed by atoms with E-state index in [0.29, 0.717) is 28.0 Å². The molecule has 1 amide bonds. The number of benzene rings is 2. The van der Waals surface area contributed by atoms with Crippen molar-refractivity contribution in [3.8, 4) is 11.1 Å². The Balaban J connectivity index is 1.67. The fraction of sp³-hybridized carbons (Fsp3) is 0.348. The predicted octanol–water partition coefficient (Wildman–Crippen LogP) is 5.47. The van der Waals surface area contributed by atoms with Crippen LogP contribution in [0.5, 0.6) is 0 Å². The molecule has 0 spiro atoms. The zero-order valence-electron chi connectivity index (χ0n) is 16.7. The van der Waals surface area contributed by atoms with Crippen molar-refractivity contribution in [2.75, 3.05) is 6.61 Å². The van der Waals surface area contributed by atoms with Crippen LogP contribution in [0.25, 0.3) is 22.1 Å². The third kappa shape index (κ3) is 4.58. The molecule has 1 aliphatic rings. The second-order valence-electron chi connectivity index (χ2n) is 7.93. The summed E-state index contributed by atoms with van der Waals surface area (Å²) in [4.78, 5) is 12.7. The van der Waals surface area contributed by atoms with E-state index in [4.69, 9.17) is 4.42 Å². The number of halogens is 4. The lowest BCUT2D eigenvalue weighted by atomic mass is 9.99. The van der Waals surface area contributed by atoms with Crippen LogP contribution in [-0.4, -0.2) is 29.8 Å². The molecule has 4 nitrogen and oxygen atoms in total. The Kier molecular flexibility index (Phi) is 5.51. The molecular formula is C23H21F4NO3. The third-order valence-corrected chi connectivity index (χ3v) is 5.48. The zero-order chi connectivity index (χ0) is 22.3. The Hall–Kier alpha value is -2.87. The number of alkyl halides is 3. The van der Waals surface area contributed by atoms with Crippen molar-refractivity contribution in [3.05, 3.63) is 59.1 Å². The number of aliphatic hydroxyl groups excluding tert-OH is 1. The Morgan fingerprint density at radius 3 is 2.58 bits per heavy atom. The van der Waals surface area contributed by atoms with Crippen molar-refractivity contribution in [1.29, 1.82) is 0 Å². The highest BCUT2D eigenvalue weighted by atomic mass is 19.4. The number of aliphatic hydroxyl groups is 1. The molecule has 1 unspecified atom stereocenters. The number of carbonyl (C=O) groups is 1. The van der Waals surface area contributed by atoms with Gasteiger partial charge in [0, 0.05) is 10.9 Å². The summed E-state index contributed by atoms with van der Waals surface area (Å²) in [5, 5.41) is 11.8. The molecule has 0 radical (unpaired) electrons. The summed E-state index contributed by atoms with van der Waals surface area (Å²) in [5.41, 5.74) is 2.27. The summed E-state index contributed by atoms with van der Waals surface area (Å²) in [6, 6.07) is 8.48. The van der Waals surface area contributed by atoms with E-state index in [1.54, 1.807) is 24.3 Å². The van der Waals surface area contributed by atoms with E-state index in [2.05, 4.69) is 5.32 Å². The number of hydrogen-bond acceptors (Lipinski definition) is 3. The Labute approximate surface area is 175 Å². The molecule has 1 aliphatic carbocycles. The number of fused-ring (bicyclic) bond motifs is 1. The minimum Gasteiger partial charge on any atom is -0.461 e. The van der Waals surface area contributed by atoms with Crippen LogP contribution in [0.1, 0.15) is 46.9 Å². The van der Waals surface area contributed by atoms with Crippen molar-refractivity contribution in [2.24, 2.45) is 0 Å². The molecule has 0 saturated heterocycles. The van der Waals surface area contributed by atoms with E-state index in [9.17, 15) is 27.5 Å². The highest BCUT2D eigenvalue weighted by Gasteiger charge is 2.33. The maximum absolute atomic E-state index is 14.7. The average Bonchev–Trinajstić information content (AvgIpc) is 3.48. The van der Waals surface area contributed by atoms with E-state index in [1.165, 1.54) is 13.0 Å². The minimum atomic E-state index is -4.54. The van der Waals surface area contributed by atoms with Gasteiger partial charge in [-0.15, -0.1) is 0 Å². The molecule has 8 heteroatoms. The Morgan fingerprint density at radius 2 is 1.97 bits per heavy atom. The molecule has 1 heterocycles. The minimum absolute atomic E-state index is 0.0625. The lowest BCUT2D eigenvalue weighted by molar-refractivity contribution is -0.141. The number of rotatable bonds is 6. The maximum Gasteiger partial charge on any atom is 0.391 e. The van der Waals surface area contributed by atoms with Crippen LogP contribution in [0.3, 0.4) is 0 Å². The maximum atomic E-state index is 14.7. The second-order valence-corrected chi connectivity index (χ2v) is 7.93. The summed E-state index contributed by atoms with van der Waals surface area (Å²) in [5.74, 6) is -0.534. The summed E-state index contributed by atoms with van der Waals surface area (Å²) >= 11 is 0. The van der Waals surface area contributed by atoms with Crippen LogP contribution in [0.2, 0.25) is 0 Å². The van der Waals surface area contributed by atoms with Crippen molar-refractivity contribution < 1.29 is 31.9 Å². The number of furan rings is 1. The van der Waals surface area contributed by atoms with Crippen LogP contribution in [0.4, 0.5) is 17.6 Å². The van der Waals surface area contributed by atoms with Gasteiger partial charge >= 0.3 is 6.18 Å². The monoisotopic (exact) mass is 435 g/mol. The van der Waals surface area contributed by atoms with E-state index < -0.39 is 31.2 Å². The second kappa shape index (κ2) is 8.00. The molecular weight excluding hydrogens is 414 g/mol. The van der Waals surface area contributed by atoms with Crippen LogP contribution in [0, 0.1) is 12.7 Å². The fourth-order valence-electron chi connectivity index (χ4n) is 3.80. The number of carbonyl (C=O) groups excluding carboxylic acids is 1. The van der Waals surface area contributed by atoms with Gasteiger partial charge in [-0.05, 0) is 55.0 Å². The largest absolute Gasteiger partial charge is 0.461 e. The molecule has 31 heavy (non-hydrogen) atoms. The van der Waals surface area contributed by atoms with Crippen LogP contribution >= 0.6 is 0 Å². The standard InChI is InChI=1S/C23H21F4NO3/c1-12-21(22(30)28-16(11-29)10-23(25,26)27)18-8-15(5-7-20(18)31-12)17-6-4-14(9-19(17)24)13-2-3-13/h4-9,13,16,29H,2-3,10-11H2,1H3,(H,28,30). The van der Waals surface area contributed by atoms with Gasteiger partial charge in [0.05, 0.1) is 24.6 Å². The molecule has 1 aromatic heterocycles. The van der Waals surface area contributed by atoms with Gasteiger partial charge in [0.1, 0.15) is 17.2 Å². The normalized spacial score (nSPS) is 15.3. The van der Waals surface area contributed by atoms with E-state index in [0.717, 1.165) is 18.4 Å². The summed E-state index contributed by atoms with van der Waals surface area (Å²) < 4.78 is 58.3. The molecule has 1 atom stereocenters. The highest BCUT2D eigenvalue weighted by Crippen LogP contribution is 2.41. The molecule has 2 N–H and O–H groups in total. The first-order chi connectivity index (χ1) is 14.7. The molecule has 164 valence electrons. The van der Waals surface area contributed by atoms with Gasteiger partial charge in [0.2, 0.25) is 0 Å². The number of aryl methyl sites for hydroxylation is 1. The van der Waals surface area contributed by atoms with Crippen molar-refractivity contribution in [2.45, 2.75) is 44.3 Å². The van der Waals surface area contributed by atoms with Crippen LogP contribution < -0.4 is 5.32 Å². The van der Waals surface area contributed by atoms with E-state index >= 15 is 0 Å². The van der Waals surface area contributed by atoms with Crippen molar-refractivity contribution in [1.82, 2.24) is 5.32 Å². The first-order valence-electron chi connectivity index (χ1n) is 9.97. The van der Waals surface area contributed by atoms with Gasteiger partial charge in [-0.2, -0.15) is 13.2 Å².